The molecule has 0 spiro atoms. The number of rotatable bonds is 9. The SMILES string of the molecule is CCCCCCc1csc(C#Cc2ccnc(-c3cc(C(=O)O)cc(-c4cc(C(=O)O)ccn4)n3)c2)c1. The highest BCUT2D eigenvalue weighted by molar-refractivity contribution is 7.10. The van der Waals surface area contributed by atoms with Crippen LogP contribution in [0.3, 0.4) is 0 Å². The highest BCUT2D eigenvalue weighted by Gasteiger charge is 2.14. The summed E-state index contributed by atoms with van der Waals surface area (Å²) in [7, 11) is 0. The number of carboxylic acid groups (broad SMARTS) is 2. The van der Waals surface area contributed by atoms with E-state index in [9.17, 15) is 19.8 Å². The zero-order chi connectivity index (χ0) is 26.2. The summed E-state index contributed by atoms with van der Waals surface area (Å²) < 4.78 is 0. The predicted octanol–water partition coefficient (Wildman–Crippen LogP) is 6.19. The summed E-state index contributed by atoms with van der Waals surface area (Å²) in [6.45, 7) is 2.21. The van der Waals surface area contributed by atoms with Crippen LogP contribution in [0, 0.1) is 11.8 Å². The Morgan fingerprint density at radius 2 is 1.49 bits per heavy atom. The molecule has 7 nitrogen and oxygen atoms in total. The van der Waals surface area contributed by atoms with Crippen molar-refractivity contribution in [3.05, 3.63) is 87.4 Å². The van der Waals surface area contributed by atoms with E-state index >= 15 is 0 Å². The molecule has 4 heterocycles. The summed E-state index contributed by atoms with van der Waals surface area (Å²) in [5.74, 6) is 4.12. The van der Waals surface area contributed by atoms with Crippen LogP contribution in [0.15, 0.2) is 60.2 Å². The Balaban J connectivity index is 1.61. The number of hydrogen-bond donors (Lipinski definition) is 2. The molecular weight excluding hydrogens is 486 g/mol. The Labute approximate surface area is 218 Å². The zero-order valence-corrected chi connectivity index (χ0v) is 21.1. The minimum atomic E-state index is -1.14. The Bertz CT molecular complexity index is 1500. The molecule has 0 amide bonds. The van der Waals surface area contributed by atoms with Gasteiger partial charge in [0.1, 0.15) is 0 Å². The topological polar surface area (TPSA) is 113 Å². The van der Waals surface area contributed by atoms with E-state index in [-0.39, 0.29) is 22.5 Å². The van der Waals surface area contributed by atoms with Crippen molar-refractivity contribution >= 4 is 23.3 Å². The fourth-order valence-corrected chi connectivity index (χ4v) is 4.52. The maximum absolute atomic E-state index is 11.8. The van der Waals surface area contributed by atoms with Crippen LogP contribution in [0.4, 0.5) is 0 Å². The van der Waals surface area contributed by atoms with Crippen LogP contribution in [0.1, 0.15) is 69.3 Å². The molecule has 0 radical (unpaired) electrons. The first-order valence-electron chi connectivity index (χ1n) is 11.9. The molecule has 0 aliphatic carbocycles. The first kappa shape index (κ1) is 25.7. The van der Waals surface area contributed by atoms with Gasteiger partial charge in [-0.2, -0.15) is 0 Å². The standard InChI is InChI=1S/C29H25N3O4S/c1-2-3-4-5-6-20-13-23(37-18-20)8-7-19-9-11-30-24(14-19)26-16-22(29(35)36)17-27(32-26)25-15-21(28(33)34)10-12-31-25/h9-18H,2-6H2,1H3,(H,33,34)(H,35,36). The average Bonchev–Trinajstić information content (AvgIpc) is 3.37. The van der Waals surface area contributed by atoms with Crippen LogP contribution in [0.2, 0.25) is 0 Å². The van der Waals surface area contributed by atoms with Crippen LogP contribution in [0.25, 0.3) is 22.8 Å². The van der Waals surface area contributed by atoms with E-state index < -0.39 is 11.9 Å². The van der Waals surface area contributed by atoms with E-state index in [0.29, 0.717) is 11.4 Å². The second-order valence-electron chi connectivity index (χ2n) is 8.48. The smallest absolute Gasteiger partial charge is 0.335 e. The van der Waals surface area contributed by atoms with E-state index in [0.717, 1.165) is 16.9 Å². The van der Waals surface area contributed by atoms with Gasteiger partial charge in [0, 0.05) is 18.0 Å². The fourth-order valence-electron chi connectivity index (χ4n) is 3.73. The molecule has 0 saturated heterocycles. The molecule has 186 valence electrons. The summed E-state index contributed by atoms with van der Waals surface area (Å²) in [5.41, 5.74) is 3.32. The Morgan fingerprint density at radius 3 is 2.19 bits per heavy atom. The molecule has 0 fully saturated rings. The minimum absolute atomic E-state index is 0.00846. The Hall–Kier alpha value is -4.35. The largest absolute Gasteiger partial charge is 0.478 e. The number of aromatic nitrogens is 3. The molecular formula is C29H25N3O4S. The summed E-state index contributed by atoms with van der Waals surface area (Å²) in [4.78, 5) is 37.2. The molecule has 0 saturated carbocycles. The average molecular weight is 512 g/mol. The van der Waals surface area contributed by atoms with Crippen molar-refractivity contribution in [2.75, 3.05) is 0 Å². The second kappa shape index (κ2) is 12.1. The minimum Gasteiger partial charge on any atom is -0.478 e. The second-order valence-corrected chi connectivity index (χ2v) is 9.39. The number of thiophene rings is 1. The number of pyridine rings is 3. The summed E-state index contributed by atoms with van der Waals surface area (Å²) >= 11 is 1.63. The number of unbranched alkanes of at least 4 members (excludes halogenated alkanes) is 3. The molecule has 0 aromatic carbocycles. The van der Waals surface area contributed by atoms with Gasteiger partial charge in [-0.3, -0.25) is 9.97 Å². The van der Waals surface area contributed by atoms with Gasteiger partial charge in [0.2, 0.25) is 0 Å². The van der Waals surface area contributed by atoms with Gasteiger partial charge in [0.05, 0.1) is 38.8 Å². The summed E-state index contributed by atoms with van der Waals surface area (Å²) in [5, 5.41) is 21.1. The zero-order valence-electron chi connectivity index (χ0n) is 20.3. The van der Waals surface area contributed by atoms with Gasteiger partial charge in [-0.05, 0) is 66.2 Å². The summed E-state index contributed by atoms with van der Waals surface area (Å²) in [6.07, 6.45) is 8.93. The van der Waals surface area contributed by atoms with Gasteiger partial charge in [0.15, 0.2) is 0 Å². The summed E-state index contributed by atoms with van der Waals surface area (Å²) in [6, 6.07) is 11.2. The Kier molecular flexibility index (Phi) is 8.39. The van der Waals surface area contributed by atoms with E-state index in [1.807, 2.05) is 0 Å². The van der Waals surface area contributed by atoms with Crippen LogP contribution in [0.5, 0.6) is 0 Å². The van der Waals surface area contributed by atoms with E-state index in [4.69, 9.17) is 0 Å². The van der Waals surface area contributed by atoms with Gasteiger partial charge >= 0.3 is 11.9 Å². The third-order valence-electron chi connectivity index (χ3n) is 5.67. The number of nitrogens with zero attached hydrogens (tertiary/aromatic N) is 3. The van der Waals surface area contributed by atoms with Gasteiger partial charge in [-0.1, -0.05) is 38.0 Å². The van der Waals surface area contributed by atoms with Gasteiger partial charge in [-0.15, -0.1) is 11.3 Å². The lowest BCUT2D eigenvalue weighted by Crippen LogP contribution is -2.02. The normalized spacial score (nSPS) is 10.5. The van der Waals surface area contributed by atoms with E-state index in [2.05, 4.69) is 45.2 Å². The molecule has 4 rings (SSSR count). The van der Waals surface area contributed by atoms with Gasteiger partial charge in [0.25, 0.3) is 0 Å². The molecule has 0 bridgehead atoms. The molecule has 0 atom stereocenters. The maximum atomic E-state index is 11.8. The van der Waals surface area contributed by atoms with Gasteiger partial charge < -0.3 is 10.2 Å². The quantitative estimate of drug-likeness (QED) is 0.204. The molecule has 4 aromatic rings. The number of carbonyl (C=O) groups is 2. The van der Waals surface area contributed by atoms with Crippen molar-refractivity contribution in [2.24, 2.45) is 0 Å². The number of aryl methyl sites for hydroxylation is 1. The van der Waals surface area contributed by atoms with E-state index in [1.165, 1.54) is 61.7 Å². The monoisotopic (exact) mass is 511 g/mol. The lowest BCUT2D eigenvalue weighted by molar-refractivity contribution is 0.0686. The van der Waals surface area contributed by atoms with Crippen LogP contribution in [-0.4, -0.2) is 37.1 Å². The number of aromatic carboxylic acids is 2. The van der Waals surface area contributed by atoms with Crippen molar-refractivity contribution in [2.45, 2.75) is 39.0 Å². The third-order valence-corrected chi connectivity index (χ3v) is 6.56. The predicted molar refractivity (Wildman–Crippen MR) is 143 cm³/mol. The Morgan fingerprint density at radius 1 is 0.811 bits per heavy atom. The first-order chi connectivity index (χ1) is 17.9. The van der Waals surface area contributed by atoms with Crippen molar-refractivity contribution in [3.8, 4) is 34.6 Å². The van der Waals surface area contributed by atoms with Crippen molar-refractivity contribution < 1.29 is 19.8 Å². The lowest BCUT2D eigenvalue weighted by atomic mass is 10.1. The van der Waals surface area contributed by atoms with Crippen molar-refractivity contribution in [1.82, 2.24) is 15.0 Å². The molecule has 0 aliphatic rings. The van der Waals surface area contributed by atoms with Crippen molar-refractivity contribution in [3.63, 3.8) is 0 Å². The highest BCUT2D eigenvalue weighted by Crippen LogP contribution is 2.24. The molecule has 37 heavy (non-hydrogen) atoms. The number of carboxylic acids is 2. The van der Waals surface area contributed by atoms with Crippen molar-refractivity contribution in [1.29, 1.82) is 0 Å². The highest BCUT2D eigenvalue weighted by atomic mass is 32.1. The molecule has 8 heteroatoms. The fraction of sp³-hybridized carbons (Fsp3) is 0.207. The lowest BCUT2D eigenvalue weighted by Gasteiger charge is -2.07. The van der Waals surface area contributed by atoms with Crippen LogP contribution >= 0.6 is 11.3 Å². The van der Waals surface area contributed by atoms with Crippen LogP contribution in [-0.2, 0) is 6.42 Å². The molecule has 0 unspecified atom stereocenters. The first-order valence-corrected chi connectivity index (χ1v) is 12.8. The van der Waals surface area contributed by atoms with Crippen LogP contribution < -0.4 is 0 Å². The molecule has 2 N–H and O–H groups in total. The number of hydrogen-bond acceptors (Lipinski definition) is 6. The van der Waals surface area contributed by atoms with Gasteiger partial charge in [-0.25, -0.2) is 14.6 Å². The molecule has 4 aromatic heterocycles. The molecule has 0 aliphatic heterocycles. The maximum Gasteiger partial charge on any atom is 0.335 e. The van der Waals surface area contributed by atoms with E-state index in [1.54, 1.807) is 29.7 Å². The third kappa shape index (κ3) is 6.87.